The lowest BCUT2D eigenvalue weighted by Gasteiger charge is -2.14. The molecule has 0 unspecified atom stereocenters. The van der Waals surface area contributed by atoms with Crippen molar-refractivity contribution < 1.29 is 14.0 Å². The molecule has 10 heteroatoms. The summed E-state index contributed by atoms with van der Waals surface area (Å²) in [5.41, 5.74) is 0.607. The van der Waals surface area contributed by atoms with Crippen LogP contribution in [0.15, 0.2) is 41.3 Å². The molecular weight excluding hydrogens is 478 g/mol. The second kappa shape index (κ2) is 9.45. The largest absolute Gasteiger partial charge is 0.325 e. The Balaban J connectivity index is 1.64. The predicted molar refractivity (Wildman–Crippen MR) is 121 cm³/mol. The van der Waals surface area contributed by atoms with E-state index in [0.29, 0.717) is 20.5 Å². The number of amides is 2. The van der Waals surface area contributed by atoms with Crippen LogP contribution in [0.2, 0.25) is 15.1 Å². The number of benzene rings is 2. The molecule has 29 heavy (non-hydrogen) atoms. The zero-order chi connectivity index (χ0) is 21.1. The van der Waals surface area contributed by atoms with Crippen LogP contribution in [0.5, 0.6) is 0 Å². The Kier molecular flexibility index (Phi) is 7.19. The van der Waals surface area contributed by atoms with E-state index in [-0.39, 0.29) is 39.8 Å². The molecule has 1 saturated heterocycles. The van der Waals surface area contributed by atoms with E-state index in [1.807, 2.05) is 0 Å². The molecule has 2 amide bonds. The van der Waals surface area contributed by atoms with E-state index < -0.39 is 5.82 Å². The van der Waals surface area contributed by atoms with Gasteiger partial charge in [0.1, 0.15) is 10.1 Å². The van der Waals surface area contributed by atoms with Crippen molar-refractivity contribution in [2.45, 2.75) is 6.42 Å². The lowest BCUT2D eigenvalue weighted by Crippen LogP contribution is -2.31. The highest BCUT2D eigenvalue weighted by atomic mass is 35.5. The molecule has 1 aliphatic rings. The van der Waals surface area contributed by atoms with Gasteiger partial charge in [-0.1, -0.05) is 77.0 Å². The fourth-order valence-corrected chi connectivity index (χ4v) is 4.36. The van der Waals surface area contributed by atoms with E-state index in [1.165, 1.54) is 29.2 Å². The number of thioether (sulfide) groups is 1. The summed E-state index contributed by atoms with van der Waals surface area (Å²) in [5.74, 6) is -1.18. The van der Waals surface area contributed by atoms with Crippen molar-refractivity contribution in [3.63, 3.8) is 0 Å². The molecule has 0 aliphatic carbocycles. The average molecular weight is 490 g/mol. The molecule has 0 saturated carbocycles. The maximum atomic E-state index is 13.8. The van der Waals surface area contributed by atoms with Crippen LogP contribution in [0.3, 0.4) is 0 Å². The van der Waals surface area contributed by atoms with Crippen molar-refractivity contribution in [2.75, 3.05) is 11.9 Å². The number of nitrogens with zero attached hydrogens (tertiary/aromatic N) is 1. The molecule has 0 radical (unpaired) electrons. The number of carbonyl (C=O) groups excluding carboxylic acids is 2. The summed E-state index contributed by atoms with van der Waals surface area (Å²) in [5, 5.41) is 3.39. The minimum Gasteiger partial charge on any atom is -0.325 e. The molecule has 2 aromatic carbocycles. The van der Waals surface area contributed by atoms with Crippen molar-refractivity contribution in [1.82, 2.24) is 4.90 Å². The fourth-order valence-electron chi connectivity index (χ4n) is 2.47. The number of thiocarbonyl (C=S) groups is 1. The van der Waals surface area contributed by atoms with Crippen molar-refractivity contribution in [2.24, 2.45) is 0 Å². The molecule has 0 aromatic heterocycles. The number of halogens is 4. The molecule has 0 atom stereocenters. The lowest BCUT2D eigenvalue weighted by molar-refractivity contribution is -0.122. The van der Waals surface area contributed by atoms with Crippen LogP contribution in [0.1, 0.15) is 12.0 Å². The topological polar surface area (TPSA) is 49.4 Å². The Labute approximate surface area is 191 Å². The maximum absolute atomic E-state index is 13.8. The van der Waals surface area contributed by atoms with Gasteiger partial charge in [-0.15, -0.1) is 0 Å². The van der Waals surface area contributed by atoms with Crippen molar-refractivity contribution >= 4 is 86.7 Å². The summed E-state index contributed by atoms with van der Waals surface area (Å²) >= 11 is 24.1. The Morgan fingerprint density at radius 3 is 2.59 bits per heavy atom. The summed E-state index contributed by atoms with van der Waals surface area (Å²) < 4.78 is 14.1. The number of hydrogen-bond acceptors (Lipinski definition) is 4. The number of anilines is 1. The van der Waals surface area contributed by atoms with E-state index in [1.54, 1.807) is 18.2 Å². The Hall–Kier alpha value is -1.64. The van der Waals surface area contributed by atoms with Gasteiger partial charge in [0.2, 0.25) is 5.91 Å². The normalized spacial score (nSPS) is 15.3. The first-order valence-electron chi connectivity index (χ1n) is 8.20. The Morgan fingerprint density at radius 1 is 1.17 bits per heavy atom. The van der Waals surface area contributed by atoms with Gasteiger partial charge in [0.25, 0.3) is 5.91 Å². The summed E-state index contributed by atoms with van der Waals surface area (Å²) in [6.07, 6.45) is 1.43. The summed E-state index contributed by atoms with van der Waals surface area (Å²) in [7, 11) is 0. The summed E-state index contributed by atoms with van der Waals surface area (Å²) in [6, 6.07) is 8.99. The molecular formula is C19H12Cl3FN2O2S2. The second-order valence-electron chi connectivity index (χ2n) is 5.90. The van der Waals surface area contributed by atoms with Crippen LogP contribution < -0.4 is 5.32 Å². The van der Waals surface area contributed by atoms with Gasteiger partial charge >= 0.3 is 0 Å². The van der Waals surface area contributed by atoms with Gasteiger partial charge in [0.05, 0.1) is 25.7 Å². The van der Waals surface area contributed by atoms with Crippen molar-refractivity contribution in [3.05, 3.63) is 67.8 Å². The van der Waals surface area contributed by atoms with E-state index in [4.69, 9.17) is 47.0 Å². The molecule has 3 rings (SSSR count). The molecule has 2 aromatic rings. The van der Waals surface area contributed by atoms with Crippen LogP contribution in [-0.4, -0.2) is 27.6 Å². The lowest BCUT2D eigenvalue weighted by atomic mass is 10.2. The first kappa shape index (κ1) is 22.1. The molecule has 4 nitrogen and oxygen atoms in total. The minimum absolute atomic E-state index is 0.0179. The molecule has 1 fully saturated rings. The highest BCUT2D eigenvalue weighted by Gasteiger charge is 2.32. The van der Waals surface area contributed by atoms with Crippen LogP contribution in [0, 0.1) is 5.82 Å². The molecule has 0 bridgehead atoms. The van der Waals surface area contributed by atoms with Gasteiger partial charge in [0.15, 0.2) is 0 Å². The molecule has 1 aliphatic heterocycles. The SMILES string of the molecule is O=C(CCN1C(=O)/C(=C/c2ccccc2F)SC1=S)Nc1cc(Cl)c(Cl)cc1Cl. The second-order valence-corrected chi connectivity index (χ2v) is 8.80. The van der Waals surface area contributed by atoms with E-state index in [2.05, 4.69) is 5.32 Å². The average Bonchev–Trinajstić information content (AvgIpc) is 2.93. The monoisotopic (exact) mass is 488 g/mol. The van der Waals surface area contributed by atoms with Gasteiger partial charge in [0, 0.05) is 18.5 Å². The van der Waals surface area contributed by atoms with Gasteiger partial charge < -0.3 is 5.32 Å². The first-order valence-corrected chi connectivity index (χ1v) is 10.6. The maximum Gasteiger partial charge on any atom is 0.266 e. The van der Waals surface area contributed by atoms with E-state index in [0.717, 1.165) is 11.8 Å². The van der Waals surface area contributed by atoms with Gasteiger partial charge in [-0.2, -0.15) is 0 Å². The molecule has 150 valence electrons. The van der Waals surface area contributed by atoms with Gasteiger partial charge in [-0.05, 0) is 24.3 Å². The number of carbonyl (C=O) groups is 2. The van der Waals surface area contributed by atoms with E-state index >= 15 is 0 Å². The predicted octanol–water partition coefficient (Wildman–Crippen LogP) is 6.02. The van der Waals surface area contributed by atoms with Crippen LogP contribution in [0.25, 0.3) is 6.08 Å². The summed E-state index contributed by atoms with van der Waals surface area (Å²) in [4.78, 5) is 26.4. The Bertz CT molecular complexity index is 1050. The van der Waals surface area contributed by atoms with Crippen LogP contribution in [0.4, 0.5) is 10.1 Å². The highest BCUT2D eigenvalue weighted by Crippen LogP contribution is 2.34. The third kappa shape index (κ3) is 5.29. The minimum atomic E-state index is -0.435. The fraction of sp³-hybridized carbons (Fsp3) is 0.105. The standard InChI is InChI=1S/C19H12Cl3FN2O2S2/c20-11-8-13(22)15(9-12(11)21)24-17(26)5-6-25-18(27)16(29-19(25)28)7-10-3-1-2-4-14(10)23/h1-4,7-9H,5-6H2,(H,24,26)/b16-7-. The van der Waals surface area contributed by atoms with E-state index in [9.17, 15) is 14.0 Å². The number of hydrogen-bond donors (Lipinski definition) is 1. The zero-order valence-corrected chi connectivity index (χ0v) is 18.4. The highest BCUT2D eigenvalue weighted by molar-refractivity contribution is 8.26. The molecule has 1 N–H and O–H groups in total. The Morgan fingerprint density at radius 2 is 1.86 bits per heavy atom. The van der Waals surface area contributed by atoms with Crippen LogP contribution >= 0.6 is 58.8 Å². The molecule has 1 heterocycles. The number of rotatable bonds is 5. The van der Waals surface area contributed by atoms with Crippen molar-refractivity contribution in [3.8, 4) is 0 Å². The third-order valence-electron chi connectivity index (χ3n) is 3.91. The molecule has 0 spiro atoms. The number of nitrogens with one attached hydrogen (secondary N) is 1. The smallest absolute Gasteiger partial charge is 0.266 e. The first-order chi connectivity index (χ1) is 13.8. The van der Waals surface area contributed by atoms with Gasteiger partial charge in [-0.25, -0.2) is 4.39 Å². The van der Waals surface area contributed by atoms with Gasteiger partial charge in [-0.3, -0.25) is 14.5 Å². The van der Waals surface area contributed by atoms with Crippen LogP contribution in [-0.2, 0) is 9.59 Å². The third-order valence-corrected chi connectivity index (χ3v) is 6.32. The van der Waals surface area contributed by atoms with Crippen molar-refractivity contribution in [1.29, 1.82) is 0 Å². The quantitative estimate of drug-likeness (QED) is 0.317. The zero-order valence-electron chi connectivity index (χ0n) is 14.5. The summed E-state index contributed by atoms with van der Waals surface area (Å²) in [6.45, 7) is 0.0735.